The number of nitro groups is 1. The molecule has 4 nitrogen and oxygen atoms in total. The van der Waals surface area contributed by atoms with Crippen LogP contribution in [0.25, 0.3) is 0 Å². The van der Waals surface area contributed by atoms with Crippen LogP contribution in [-0.2, 0) is 6.42 Å². The van der Waals surface area contributed by atoms with Gasteiger partial charge < -0.3 is 0 Å². The maximum absolute atomic E-state index is 10.6. The predicted octanol–water partition coefficient (Wildman–Crippen LogP) is 2.73. The highest BCUT2D eigenvalue weighted by atomic mass is 79.9. The summed E-state index contributed by atoms with van der Waals surface area (Å²) in [6.07, 6.45) is 0.175. The van der Waals surface area contributed by atoms with E-state index in [1.165, 1.54) is 6.07 Å². The molecule has 0 aliphatic heterocycles. The predicted molar refractivity (Wildman–Crippen MR) is 54.9 cm³/mol. The van der Waals surface area contributed by atoms with E-state index >= 15 is 0 Å². The number of benzene rings is 1. The molecular weight excluding hydrogens is 248 g/mol. The van der Waals surface area contributed by atoms with E-state index in [-0.39, 0.29) is 12.1 Å². The van der Waals surface area contributed by atoms with Crippen molar-refractivity contribution in [1.29, 1.82) is 5.26 Å². The van der Waals surface area contributed by atoms with E-state index in [1.807, 2.05) is 6.07 Å². The molecule has 0 aliphatic rings. The van der Waals surface area contributed by atoms with Gasteiger partial charge in [0.1, 0.15) is 0 Å². The minimum absolute atomic E-state index is 0.0541. The van der Waals surface area contributed by atoms with Gasteiger partial charge in [0.05, 0.1) is 17.4 Å². The molecule has 0 unspecified atom stereocenters. The molecule has 0 aliphatic carbocycles. The average molecular weight is 255 g/mol. The lowest BCUT2D eigenvalue weighted by Crippen LogP contribution is -1.97. The summed E-state index contributed by atoms with van der Waals surface area (Å²) in [5.74, 6) is 0. The standard InChI is InChI=1S/C9H7BrN2O2/c1-6-7(4-5-11)8(10)2-3-9(6)12(13)14/h2-3H,4H2,1H3. The van der Waals surface area contributed by atoms with Crippen molar-refractivity contribution in [2.24, 2.45) is 0 Å². The Kier molecular flexibility index (Phi) is 3.20. The topological polar surface area (TPSA) is 66.9 Å². The maximum atomic E-state index is 10.6. The lowest BCUT2D eigenvalue weighted by Gasteiger charge is -2.04. The van der Waals surface area contributed by atoms with Crippen LogP contribution in [0, 0.1) is 28.4 Å². The largest absolute Gasteiger partial charge is 0.272 e. The molecule has 0 N–H and O–H groups in total. The van der Waals surface area contributed by atoms with Gasteiger partial charge in [0.15, 0.2) is 0 Å². The highest BCUT2D eigenvalue weighted by Gasteiger charge is 2.15. The number of nitrogens with zero attached hydrogens (tertiary/aromatic N) is 2. The molecule has 0 spiro atoms. The first-order valence-electron chi connectivity index (χ1n) is 3.87. The third-order valence-corrected chi connectivity index (χ3v) is 2.71. The summed E-state index contributed by atoms with van der Waals surface area (Å²) in [5, 5.41) is 19.2. The van der Waals surface area contributed by atoms with Crippen LogP contribution in [-0.4, -0.2) is 4.92 Å². The second kappa shape index (κ2) is 4.20. The quantitative estimate of drug-likeness (QED) is 0.602. The van der Waals surface area contributed by atoms with Gasteiger partial charge >= 0.3 is 0 Å². The van der Waals surface area contributed by atoms with Gasteiger partial charge in [0.2, 0.25) is 0 Å². The van der Waals surface area contributed by atoms with Gasteiger partial charge in [-0.15, -0.1) is 0 Å². The van der Waals surface area contributed by atoms with E-state index in [9.17, 15) is 10.1 Å². The van der Waals surface area contributed by atoms with Gasteiger partial charge in [-0.05, 0) is 18.6 Å². The first-order chi connectivity index (χ1) is 6.57. The van der Waals surface area contributed by atoms with Crippen molar-refractivity contribution >= 4 is 21.6 Å². The van der Waals surface area contributed by atoms with Crippen LogP contribution in [0.3, 0.4) is 0 Å². The van der Waals surface area contributed by atoms with Gasteiger partial charge in [-0.2, -0.15) is 5.26 Å². The van der Waals surface area contributed by atoms with Gasteiger partial charge in [0, 0.05) is 16.1 Å². The smallest absolute Gasteiger partial charge is 0.258 e. The third-order valence-electron chi connectivity index (χ3n) is 1.97. The summed E-state index contributed by atoms with van der Waals surface area (Å²) < 4.78 is 0.738. The van der Waals surface area contributed by atoms with Crippen LogP contribution in [0.4, 0.5) is 5.69 Å². The molecule has 14 heavy (non-hydrogen) atoms. The second-order valence-corrected chi connectivity index (χ2v) is 3.62. The molecule has 72 valence electrons. The van der Waals surface area contributed by atoms with Gasteiger partial charge in [-0.25, -0.2) is 0 Å². The zero-order chi connectivity index (χ0) is 10.7. The van der Waals surface area contributed by atoms with Crippen LogP contribution in [0.5, 0.6) is 0 Å². The van der Waals surface area contributed by atoms with E-state index in [1.54, 1.807) is 13.0 Å². The van der Waals surface area contributed by atoms with Crippen molar-refractivity contribution in [2.75, 3.05) is 0 Å². The van der Waals surface area contributed by atoms with E-state index in [0.717, 1.165) is 4.47 Å². The average Bonchev–Trinajstić information content (AvgIpc) is 2.11. The summed E-state index contributed by atoms with van der Waals surface area (Å²) in [6, 6.07) is 5.01. The van der Waals surface area contributed by atoms with Crippen molar-refractivity contribution in [3.8, 4) is 6.07 Å². The van der Waals surface area contributed by atoms with Crippen LogP contribution in [0.1, 0.15) is 11.1 Å². The van der Waals surface area contributed by atoms with Crippen molar-refractivity contribution in [1.82, 2.24) is 0 Å². The summed E-state index contributed by atoms with van der Waals surface area (Å²) in [7, 11) is 0. The highest BCUT2D eigenvalue weighted by Crippen LogP contribution is 2.28. The second-order valence-electron chi connectivity index (χ2n) is 2.76. The molecule has 0 heterocycles. The lowest BCUT2D eigenvalue weighted by atomic mass is 10.0. The molecule has 1 rings (SSSR count). The molecular formula is C9H7BrN2O2. The lowest BCUT2D eigenvalue weighted by molar-refractivity contribution is -0.385. The zero-order valence-corrected chi connectivity index (χ0v) is 9.04. The Bertz CT molecular complexity index is 424. The number of halogens is 1. The SMILES string of the molecule is Cc1c([N+](=O)[O-])ccc(Br)c1CC#N. The third kappa shape index (κ3) is 1.91. The molecule has 5 heteroatoms. The van der Waals surface area contributed by atoms with Crippen molar-refractivity contribution in [3.63, 3.8) is 0 Å². The minimum atomic E-state index is -0.442. The number of hydrogen-bond donors (Lipinski definition) is 0. The molecule has 0 radical (unpaired) electrons. The maximum Gasteiger partial charge on any atom is 0.272 e. The molecule has 1 aromatic rings. The molecule has 0 amide bonds. The summed E-state index contributed by atoms with van der Waals surface area (Å²) in [5.41, 5.74) is 1.28. The van der Waals surface area contributed by atoms with E-state index in [2.05, 4.69) is 15.9 Å². The van der Waals surface area contributed by atoms with Gasteiger partial charge in [-0.1, -0.05) is 15.9 Å². The molecule has 0 atom stereocenters. The van der Waals surface area contributed by atoms with E-state index in [4.69, 9.17) is 5.26 Å². The number of hydrogen-bond acceptors (Lipinski definition) is 3. The minimum Gasteiger partial charge on any atom is -0.258 e. The summed E-state index contributed by atoms with van der Waals surface area (Å²) >= 11 is 3.26. The number of nitriles is 1. The normalized spacial score (nSPS) is 9.50. The first kappa shape index (κ1) is 10.7. The Balaban J connectivity index is 3.35. The zero-order valence-electron chi connectivity index (χ0n) is 7.45. The fourth-order valence-electron chi connectivity index (χ4n) is 1.21. The van der Waals surface area contributed by atoms with Crippen molar-refractivity contribution < 1.29 is 4.92 Å². The fraction of sp³-hybridized carbons (Fsp3) is 0.222. The Labute approximate surface area is 89.4 Å². The molecule has 0 fully saturated rings. The van der Waals surface area contributed by atoms with Crippen LogP contribution >= 0.6 is 15.9 Å². The summed E-state index contributed by atoms with van der Waals surface area (Å²) in [4.78, 5) is 10.2. The number of rotatable bonds is 2. The van der Waals surface area contributed by atoms with E-state index in [0.29, 0.717) is 11.1 Å². The van der Waals surface area contributed by atoms with Gasteiger partial charge in [0.25, 0.3) is 5.69 Å². The molecule has 0 saturated carbocycles. The van der Waals surface area contributed by atoms with Crippen LogP contribution in [0.15, 0.2) is 16.6 Å². The Morgan fingerprint density at radius 2 is 2.29 bits per heavy atom. The monoisotopic (exact) mass is 254 g/mol. The van der Waals surface area contributed by atoms with Crippen molar-refractivity contribution in [3.05, 3.63) is 37.8 Å². The summed E-state index contributed by atoms with van der Waals surface area (Å²) in [6.45, 7) is 1.65. The Morgan fingerprint density at radius 3 is 2.79 bits per heavy atom. The van der Waals surface area contributed by atoms with Crippen LogP contribution < -0.4 is 0 Å². The van der Waals surface area contributed by atoms with Crippen LogP contribution in [0.2, 0.25) is 0 Å². The van der Waals surface area contributed by atoms with Crippen molar-refractivity contribution in [2.45, 2.75) is 13.3 Å². The molecule has 0 saturated heterocycles. The van der Waals surface area contributed by atoms with Gasteiger partial charge in [-0.3, -0.25) is 10.1 Å². The highest BCUT2D eigenvalue weighted by molar-refractivity contribution is 9.10. The Morgan fingerprint density at radius 1 is 1.64 bits per heavy atom. The fourth-order valence-corrected chi connectivity index (χ4v) is 1.77. The molecule has 1 aromatic carbocycles. The number of nitro benzene ring substituents is 1. The molecule has 0 bridgehead atoms. The first-order valence-corrected chi connectivity index (χ1v) is 4.66. The molecule has 0 aromatic heterocycles. The Hall–Kier alpha value is -1.41. The van der Waals surface area contributed by atoms with E-state index < -0.39 is 4.92 Å².